The van der Waals surface area contributed by atoms with Crippen molar-refractivity contribution in [2.75, 3.05) is 6.61 Å². The Morgan fingerprint density at radius 2 is 2.00 bits per heavy atom. The molecule has 0 spiro atoms. The molecule has 0 aliphatic heterocycles. The van der Waals surface area contributed by atoms with E-state index in [-0.39, 0.29) is 23.8 Å². The van der Waals surface area contributed by atoms with Crippen LogP contribution >= 0.6 is 11.6 Å². The number of amides is 1. The Morgan fingerprint density at radius 3 is 2.50 bits per heavy atom. The quantitative estimate of drug-likeness (QED) is 0.767. The molecule has 7 heteroatoms. The predicted molar refractivity (Wildman–Crippen MR) is 80.6 cm³/mol. The number of carboxylic acid groups (broad SMARTS) is 1. The highest BCUT2D eigenvalue weighted by molar-refractivity contribution is 6.32. The molecule has 0 saturated heterocycles. The van der Waals surface area contributed by atoms with Gasteiger partial charge in [-0.3, -0.25) is 9.59 Å². The summed E-state index contributed by atoms with van der Waals surface area (Å²) < 4.78 is 18.1. The number of halogens is 2. The number of benzene rings is 1. The van der Waals surface area contributed by atoms with Crippen molar-refractivity contribution in [3.8, 4) is 5.75 Å². The summed E-state index contributed by atoms with van der Waals surface area (Å²) in [6.07, 6.45) is 0.806. The summed E-state index contributed by atoms with van der Waals surface area (Å²) >= 11 is 5.80. The molecule has 0 fully saturated rings. The van der Waals surface area contributed by atoms with Gasteiger partial charge in [0, 0.05) is 0 Å². The molecule has 0 aliphatic carbocycles. The van der Waals surface area contributed by atoms with Crippen LogP contribution in [0.4, 0.5) is 4.39 Å². The minimum atomic E-state index is -0.980. The first kappa shape index (κ1) is 18.2. The third kappa shape index (κ3) is 5.18. The summed E-state index contributed by atoms with van der Waals surface area (Å²) in [5.41, 5.74) is -0.807. The van der Waals surface area contributed by atoms with E-state index in [0.717, 1.165) is 6.07 Å². The fourth-order valence-electron chi connectivity index (χ4n) is 2.08. The number of carboxylic acids is 1. The number of ether oxygens (including phenoxy) is 1. The number of hydrogen-bond acceptors (Lipinski definition) is 3. The fraction of sp³-hybridized carbons (Fsp3) is 0.467. The molecule has 1 aromatic carbocycles. The lowest BCUT2D eigenvalue weighted by atomic mass is 9.89. The van der Waals surface area contributed by atoms with Crippen molar-refractivity contribution in [3.05, 3.63) is 29.0 Å². The number of carbonyl (C=O) groups is 2. The van der Waals surface area contributed by atoms with Crippen molar-refractivity contribution >= 4 is 23.5 Å². The largest absolute Gasteiger partial charge is 0.482 e. The second-order valence-corrected chi connectivity index (χ2v) is 5.38. The van der Waals surface area contributed by atoms with Gasteiger partial charge in [-0.15, -0.1) is 0 Å². The summed E-state index contributed by atoms with van der Waals surface area (Å²) in [7, 11) is 0. The van der Waals surface area contributed by atoms with Gasteiger partial charge in [-0.1, -0.05) is 25.4 Å². The third-order valence-electron chi connectivity index (χ3n) is 3.50. The number of nitrogens with one attached hydrogen (secondary N) is 1. The zero-order chi connectivity index (χ0) is 16.8. The molecule has 0 aliphatic rings. The first-order chi connectivity index (χ1) is 10.3. The smallest absolute Gasteiger partial charge is 0.305 e. The lowest BCUT2D eigenvalue weighted by Crippen LogP contribution is -2.50. The number of aliphatic carboxylic acids is 1. The highest BCUT2D eigenvalue weighted by Gasteiger charge is 2.31. The lowest BCUT2D eigenvalue weighted by molar-refractivity contribution is -0.139. The standard InChI is InChI=1S/C15H19ClFNO4/c1-3-15(4-2,8-14(20)21)18-13(19)9-22-12-6-5-10(17)7-11(12)16/h5-7H,3-4,8-9H2,1-2H3,(H,18,19)(H,20,21). The second-order valence-electron chi connectivity index (χ2n) is 4.97. The summed E-state index contributed by atoms with van der Waals surface area (Å²) in [6, 6.07) is 3.59. The van der Waals surface area contributed by atoms with E-state index in [1.165, 1.54) is 12.1 Å². The zero-order valence-corrected chi connectivity index (χ0v) is 13.2. The lowest BCUT2D eigenvalue weighted by Gasteiger charge is -2.31. The van der Waals surface area contributed by atoms with Crippen molar-refractivity contribution in [1.82, 2.24) is 5.32 Å². The van der Waals surface area contributed by atoms with Crippen molar-refractivity contribution in [1.29, 1.82) is 0 Å². The first-order valence-corrected chi connectivity index (χ1v) is 7.30. The molecule has 22 heavy (non-hydrogen) atoms. The number of rotatable bonds is 8. The normalized spacial score (nSPS) is 11.1. The van der Waals surface area contributed by atoms with Gasteiger partial charge in [0.05, 0.1) is 17.0 Å². The Kier molecular flexibility index (Phi) is 6.61. The molecule has 0 bridgehead atoms. The molecule has 5 nitrogen and oxygen atoms in total. The van der Waals surface area contributed by atoms with Crippen LogP contribution in [0, 0.1) is 5.82 Å². The average molecular weight is 332 g/mol. The van der Waals surface area contributed by atoms with Crippen LogP contribution in [0.25, 0.3) is 0 Å². The van der Waals surface area contributed by atoms with E-state index in [1.807, 2.05) is 13.8 Å². The molecule has 0 saturated carbocycles. The zero-order valence-electron chi connectivity index (χ0n) is 12.5. The van der Waals surface area contributed by atoms with Gasteiger partial charge in [0.2, 0.25) is 0 Å². The van der Waals surface area contributed by atoms with Gasteiger partial charge in [-0.25, -0.2) is 4.39 Å². The third-order valence-corrected chi connectivity index (χ3v) is 3.80. The van der Waals surface area contributed by atoms with Gasteiger partial charge < -0.3 is 15.2 Å². The topological polar surface area (TPSA) is 75.6 Å². The second kappa shape index (κ2) is 7.98. The van der Waals surface area contributed by atoms with Crippen LogP contribution in [0.2, 0.25) is 5.02 Å². The summed E-state index contributed by atoms with van der Waals surface area (Å²) in [6.45, 7) is 3.29. The SMILES string of the molecule is CCC(CC)(CC(=O)O)NC(=O)COc1ccc(F)cc1Cl. The maximum Gasteiger partial charge on any atom is 0.305 e. The van der Waals surface area contributed by atoms with Crippen LogP contribution in [0.15, 0.2) is 18.2 Å². The summed E-state index contributed by atoms with van der Waals surface area (Å²) in [4.78, 5) is 22.9. The van der Waals surface area contributed by atoms with Crippen LogP contribution in [-0.2, 0) is 9.59 Å². The molecule has 0 heterocycles. The summed E-state index contributed by atoms with van der Waals surface area (Å²) in [5, 5.41) is 11.7. The molecule has 0 radical (unpaired) electrons. The number of carbonyl (C=O) groups excluding carboxylic acids is 1. The molecule has 0 unspecified atom stereocenters. The van der Waals surface area contributed by atoms with E-state index in [0.29, 0.717) is 12.8 Å². The highest BCUT2D eigenvalue weighted by atomic mass is 35.5. The Hall–Kier alpha value is -1.82. The van der Waals surface area contributed by atoms with Gasteiger partial charge in [0.1, 0.15) is 11.6 Å². The van der Waals surface area contributed by atoms with Crippen molar-refractivity contribution < 1.29 is 23.8 Å². The monoisotopic (exact) mass is 331 g/mol. The molecule has 0 aromatic heterocycles. The van der Waals surface area contributed by atoms with Crippen LogP contribution in [0.5, 0.6) is 5.75 Å². The van der Waals surface area contributed by atoms with E-state index in [9.17, 15) is 14.0 Å². The average Bonchev–Trinajstić information content (AvgIpc) is 2.45. The first-order valence-electron chi connectivity index (χ1n) is 6.92. The van der Waals surface area contributed by atoms with Gasteiger partial charge in [-0.05, 0) is 31.0 Å². The van der Waals surface area contributed by atoms with E-state index in [1.54, 1.807) is 0 Å². The van der Waals surface area contributed by atoms with Gasteiger partial charge in [-0.2, -0.15) is 0 Å². The van der Waals surface area contributed by atoms with Crippen LogP contribution in [-0.4, -0.2) is 29.1 Å². The van der Waals surface area contributed by atoms with E-state index < -0.39 is 23.2 Å². The molecule has 122 valence electrons. The number of hydrogen-bond donors (Lipinski definition) is 2. The summed E-state index contributed by atoms with van der Waals surface area (Å²) in [5.74, 6) is -1.74. The van der Waals surface area contributed by atoms with E-state index in [4.69, 9.17) is 21.4 Å². The van der Waals surface area contributed by atoms with E-state index >= 15 is 0 Å². The van der Waals surface area contributed by atoms with E-state index in [2.05, 4.69) is 5.32 Å². The van der Waals surface area contributed by atoms with Crippen LogP contribution in [0.3, 0.4) is 0 Å². The molecule has 2 N–H and O–H groups in total. The molecular weight excluding hydrogens is 313 g/mol. The molecule has 1 rings (SSSR count). The highest BCUT2D eigenvalue weighted by Crippen LogP contribution is 2.25. The van der Waals surface area contributed by atoms with Gasteiger partial charge >= 0.3 is 5.97 Å². The molecule has 0 atom stereocenters. The van der Waals surface area contributed by atoms with Crippen molar-refractivity contribution in [2.45, 2.75) is 38.6 Å². The molecular formula is C15H19ClFNO4. The van der Waals surface area contributed by atoms with Gasteiger partial charge in [0.15, 0.2) is 6.61 Å². The minimum absolute atomic E-state index is 0.0654. The van der Waals surface area contributed by atoms with Crippen molar-refractivity contribution in [2.24, 2.45) is 0 Å². The predicted octanol–water partition coefficient (Wildman–Crippen LogP) is 3.01. The molecule has 1 aromatic rings. The maximum atomic E-state index is 12.9. The van der Waals surface area contributed by atoms with Gasteiger partial charge in [0.25, 0.3) is 5.91 Å². The Labute approximate surface area is 133 Å². The molecule has 1 amide bonds. The Balaban J connectivity index is 2.66. The fourth-order valence-corrected chi connectivity index (χ4v) is 2.30. The van der Waals surface area contributed by atoms with Crippen LogP contribution in [0.1, 0.15) is 33.1 Å². The van der Waals surface area contributed by atoms with Crippen molar-refractivity contribution in [3.63, 3.8) is 0 Å². The van der Waals surface area contributed by atoms with Crippen LogP contribution < -0.4 is 10.1 Å². The Bertz CT molecular complexity index is 546. The Morgan fingerprint density at radius 1 is 1.36 bits per heavy atom. The maximum absolute atomic E-state index is 12.9. The minimum Gasteiger partial charge on any atom is -0.482 e.